The van der Waals surface area contributed by atoms with Gasteiger partial charge in [-0.05, 0) is 43.1 Å². The zero-order valence-corrected chi connectivity index (χ0v) is 25.4. The van der Waals surface area contributed by atoms with Crippen LogP contribution >= 0.6 is 0 Å². The van der Waals surface area contributed by atoms with Gasteiger partial charge in [-0.3, -0.25) is 24.1 Å². The average molecular weight is 583 g/mol. The van der Waals surface area contributed by atoms with Gasteiger partial charge >= 0.3 is 0 Å². The van der Waals surface area contributed by atoms with Crippen molar-refractivity contribution >= 4 is 35.6 Å². The Balaban J connectivity index is 0.000000795. The lowest BCUT2D eigenvalue weighted by Crippen LogP contribution is -2.31. The maximum atomic E-state index is 11.9. The number of nitrogens with one attached hydrogen (secondary N) is 3. The fourth-order valence-electron chi connectivity index (χ4n) is 3.54. The molecule has 3 rings (SSSR count). The molecule has 2 aromatic rings. The molecular weight excluding hydrogens is 536 g/mol. The summed E-state index contributed by atoms with van der Waals surface area (Å²) in [5.41, 5.74) is 2.32. The van der Waals surface area contributed by atoms with Crippen LogP contribution in [0.15, 0.2) is 66.7 Å². The molecule has 1 atom stereocenters. The monoisotopic (exact) mass is 582 g/mol. The number of aldehydes is 1. The van der Waals surface area contributed by atoms with Crippen LogP contribution in [-0.4, -0.2) is 60.1 Å². The molecule has 0 saturated carbocycles. The molecule has 0 saturated heterocycles. The highest BCUT2D eigenvalue weighted by Gasteiger charge is 2.22. The molecule has 0 bridgehead atoms. The molecule has 0 aromatic heterocycles. The van der Waals surface area contributed by atoms with Gasteiger partial charge in [-0.1, -0.05) is 76.6 Å². The van der Waals surface area contributed by atoms with Gasteiger partial charge in [0, 0.05) is 30.8 Å². The van der Waals surface area contributed by atoms with Crippen LogP contribution in [0.25, 0.3) is 0 Å². The fourth-order valence-corrected chi connectivity index (χ4v) is 3.54. The van der Waals surface area contributed by atoms with Crippen molar-refractivity contribution in [1.29, 1.82) is 0 Å². The highest BCUT2D eigenvalue weighted by atomic mass is 16.3. The molecule has 2 aromatic carbocycles. The molecular formula is C32H46N4O6. The summed E-state index contributed by atoms with van der Waals surface area (Å²) in [6.45, 7) is 8.68. The predicted molar refractivity (Wildman–Crippen MR) is 165 cm³/mol. The van der Waals surface area contributed by atoms with Crippen LogP contribution < -0.4 is 16.0 Å². The van der Waals surface area contributed by atoms with E-state index in [1.54, 1.807) is 43.4 Å². The van der Waals surface area contributed by atoms with E-state index >= 15 is 0 Å². The quantitative estimate of drug-likeness (QED) is 0.159. The number of carbonyl (C=O) groups is 5. The number of benzene rings is 2. The number of nitrogens with zero attached hydrogens (tertiary/aromatic N) is 1. The Morgan fingerprint density at radius 2 is 1.45 bits per heavy atom. The second-order valence-electron chi connectivity index (χ2n) is 8.50. The molecule has 4 amide bonds. The minimum absolute atomic E-state index is 0.0186. The number of rotatable bonds is 13. The minimum atomic E-state index is -0.635. The third kappa shape index (κ3) is 15.0. The zero-order valence-electron chi connectivity index (χ0n) is 25.4. The minimum Gasteiger partial charge on any atom is -0.392 e. The third-order valence-corrected chi connectivity index (χ3v) is 5.55. The first kappa shape index (κ1) is 37.9. The van der Waals surface area contributed by atoms with Crippen molar-refractivity contribution in [2.75, 3.05) is 25.5 Å². The molecule has 0 spiro atoms. The number of anilines is 1. The van der Waals surface area contributed by atoms with Crippen LogP contribution in [-0.2, 0) is 30.6 Å². The first-order valence-electron chi connectivity index (χ1n) is 14.3. The number of amides is 4. The second-order valence-corrected chi connectivity index (χ2v) is 8.50. The Bertz CT molecular complexity index is 1090. The summed E-state index contributed by atoms with van der Waals surface area (Å²) in [5.74, 6) is -0.834. The molecule has 0 aliphatic carbocycles. The smallest absolute Gasteiger partial charge is 0.253 e. The van der Waals surface area contributed by atoms with E-state index < -0.39 is 6.04 Å². The van der Waals surface area contributed by atoms with Gasteiger partial charge in [-0.2, -0.15) is 0 Å². The van der Waals surface area contributed by atoms with Crippen molar-refractivity contribution in [3.63, 3.8) is 0 Å². The lowest BCUT2D eigenvalue weighted by atomic mass is 10.1. The molecule has 42 heavy (non-hydrogen) atoms. The fraction of sp³-hybridized carbons (Fsp3) is 0.406. The molecule has 1 aliphatic heterocycles. The molecule has 0 fully saturated rings. The van der Waals surface area contributed by atoms with E-state index in [1.807, 2.05) is 45.9 Å². The van der Waals surface area contributed by atoms with Crippen molar-refractivity contribution < 1.29 is 29.1 Å². The lowest BCUT2D eigenvalue weighted by Gasteiger charge is -2.14. The van der Waals surface area contributed by atoms with Gasteiger partial charge in [-0.25, -0.2) is 0 Å². The Labute approximate surface area is 249 Å². The van der Waals surface area contributed by atoms with Crippen molar-refractivity contribution in [1.82, 2.24) is 15.5 Å². The van der Waals surface area contributed by atoms with E-state index in [-0.39, 0.29) is 30.2 Å². The van der Waals surface area contributed by atoms with Crippen LogP contribution in [0.5, 0.6) is 0 Å². The van der Waals surface area contributed by atoms with Crippen LogP contribution in [0.2, 0.25) is 0 Å². The summed E-state index contributed by atoms with van der Waals surface area (Å²) < 4.78 is 0. The Morgan fingerprint density at radius 3 is 1.98 bits per heavy atom. The molecule has 1 aliphatic rings. The molecule has 0 radical (unpaired) electrons. The SMILES string of the molecule is CC.CC.CNCC(=O)Nc1ccc(CO)cc1.O=C[C@@H](NC(=O)CCCCCN1C(=O)C=CC1=O)c1ccccc1. The van der Waals surface area contributed by atoms with Crippen LogP contribution in [0.4, 0.5) is 5.69 Å². The van der Waals surface area contributed by atoms with E-state index in [1.165, 1.54) is 17.1 Å². The molecule has 0 unspecified atom stereocenters. The maximum Gasteiger partial charge on any atom is 0.253 e. The first-order chi connectivity index (χ1) is 20.4. The highest BCUT2D eigenvalue weighted by molar-refractivity contribution is 6.12. The summed E-state index contributed by atoms with van der Waals surface area (Å²) in [6.07, 6.45) is 5.56. The number of hydrogen-bond acceptors (Lipinski definition) is 7. The first-order valence-corrected chi connectivity index (χ1v) is 14.3. The van der Waals surface area contributed by atoms with Crippen LogP contribution in [0, 0.1) is 0 Å². The molecule has 10 nitrogen and oxygen atoms in total. The van der Waals surface area contributed by atoms with E-state index in [0.717, 1.165) is 23.2 Å². The van der Waals surface area contributed by atoms with Crippen molar-refractivity contribution in [2.24, 2.45) is 0 Å². The van der Waals surface area contributed by atoms with Crippen molar-refractivity contribution in [3.8, 4) is 0 Å². The van der Waals surface area contributed by atoms with Crippen LogP contribution in [0.1, 0.15) is 70.5 Å². The maximum absolute atomic E-state index is 11.9. The van der Waals surface area contributed by atoms with Crippen LogP contribution in [0.3, 0.4) is 0 Å². The summed E-state index contributed by atoms with van der Waals surface area (Å²) in [4.78, 5) is 58.1. The van der Waals surface area contributed by atoms with Gasteiger partial charge in [0.25, 0.3) is 11.8 Å². The highest BCUT2D eigenvalue weighted by Crippen LogP contribution is 2.12. The number of carbonyl (C=O) groups excluding carboxylic acids is 5. The topological polar surface area (TPSA) is 145 Å². The summed E-state index contributed by atoms with van der Waals surface area (Å²) >= 11 is 0. The molecule has 1 heterocycles. The average Bonchev–Trinajstić information content (AvgIpc) is 3.35. The second kappa shape index (κ2) is 23.5. The number of hydrogen-bond donors (Lipinski definition) is 4. The Morgan fingerprint density at radius 1 is 0.857 bits per heavy atom. The lowest BCUT2D eigenvalue weighted by molar-refractivity contribution is -0.137. The van der Waals surface area contributed by atoms with E-state index in [2.05, 4.69) is 16.0 Å². The Kier molecular flexibility index (Phi) is 21.2. The number of imide groups is 1. The van der Waals surface area contributed by atoms with Crippen molar-refractivity contribution in [3.05, 3.63) is 77.9 Å². The Hall–Kier alpha value is -4.15. The van der Waals surface area contributed by atoms with E-state index in [0.29, 0.717) is 38.6 Å². The normalized spacial score (nSPS) is 12.0. The largest absolute Gasteiger partial charge is 0.392 e. The van der Waals surface area contributed by atoms with Gasteiger partial charge in [0.1, 0.15) is 12.3 Å². The summed E-state index contributed by atoms with van der Waals surface area (Å²) in [6, 6.07) is 15.5. The van der Waals surface area contributed by atoms with Gasteiger partial charge in [-0.15, -0.1) is 0 Å². The van der Waals surface area contributed by atoms with Gasteiger partial charge in [0.15, 0.2) is 0 Å². The number of likely N-dealkylation sites (N-methyl/N-ethyl adjacent to an activating group) is 1. The number of unbranched alkanes of at least 4 members (excludes halogenated alkanes) is 2. The third-order valence-electron chi connectivity index (χ3n) is 5.55. The molecule has 10 heteroatoms. The van der Waals surface area contributed by atoms with E-state index in [4.69, 9.17) is 5.11 Å². The molecule has 4 N–H and O–H groups in total. The zero-order chi connectivity index (χ0) is 31.8. The standard InChI is InChI=1S/C18H20N2O4.C10H14N2O2.2C2H6/c21-13-15(14-7-3-1-4-8-14)19-16(22)9-5-2-6-12-20-17(23)10-11-18(20)24;1-11-6-10(14)12-9-4-2-8(7-13)3-5-9;2*1-2/h1,3-4,7-8,10-11,13,15H,2,5-6,9,12H2,(H,19,22);2-5,11,13H,6-7H2,1H3,(H,12,14);2*1-2H3/t15-;;;/m1.../s1. The van der Waals surface area contributed by atoms with Gasteiger partial charge in [0.05, 0.1) is 13.2 Å². The predicted octanol–water partition coefficient (Wildman–Crippen LogP) is 3.92. The number of aliphatic hydroxyl groups is 1. The van der Waals surface area contributed by atoms with E-state index in [9.17, 15) is 24.0 Å². The molecule has 230 valence electrons. The summed E-state index contributed by atoms with van der Waals surface area (Å²) in [5, 5.41) is 17.0. The summed E-state index contributed by atoms with van der Waals surface area (Å²) in [7, 11) is 1.72. The number of aliphatic hydroxyl groups excluding tert-OH is 1. The van der Waals surface area contributed by atoms with Crippen molar-refractivity contribution in [2.45, 2.75) is 66.0 Å². The van der Waals surface area contributed by atoms with Gasteiger partial charge < -0.3 is 25.9 Å². The van der Waals surface area contributed by atoms with Gasteiger partial charge in [0.2, 0.25) is 11.8 Å².